The highest BCUT2D eigenvalue weighted by molar-refractivity contribution is 7.13. The molecule has 1 aliphatic carbocycles. The fourth-order valence-corrected chi connectivity index (χ4v) is 2.92. The van der Waals surface area contributed by atoms with E-state index in [0.29, 0.717) is 5.69 Å². The van der Waals surface area contributed by atoms with Gasteiger partial charge in [0, 0.05) is 17.0 Å². The summed E-state index contributed by atoms with van der Waals surface area (Å²) in [6, 6.07) is 1.89. The third-order valence-corrected chi connectivity index (χ3v) is 4.21. The summed E-state index contributed by atoms with van der Waals surface area (Å²) in [5.74, 6) is -1.16. The van der Waals surface area contributed by atoms with Crippen molar-refractivity contribution in [2.75, 3.05) is 6.54 Å². The van der Waals surface area contributed by atoms with Crippen molar-refractivity contribution in [3.8, 4) is 10.6 Å². The SMILES string of the molecule is O=C(O)CN(C(=O)Cc1csc(-c2ccoc2)n1)C1CC1. The first-order valence-electron chi connectivity index (χ1n) is 6.61. The largest absolute Gasteiger partial charge is 0.480 e. The fourth-order valence-electron chi connectivity index (χ4n) is 2.12. The molecule has 3 rings (SSSR count). The zero-order valence-corrected chi connectivity index (χ0v) is 12.0. The summed E-state index contributed by atoms with van der Waals surface area (Å²) < 4.78 is 5.01. The van der Waals surface area contributed by atoms with E-state index in [0.717, 1.165) is 23.4 Å². The van der Waals surface area contributed by atoms with Crippen LogP contribution in [0.4, 0.5) is 0 Å². The van der Waals surface area contributed by atoms with E-state index in [1.807, 2.05) is 11.4 Å². The van der Waals surface area contributed by atoms with Gasteiger partial charge in [-0.05, 0) is 18.9 Å². The predicted molar refractivity (Wildman–Crippen MR) is 75.9 cm³/mol. The van der Waals surface area contributed by atoms with Crippen molar-refractivity contribution in [2.24, 2.45) is 0 Å². The topological polar surface area (TPSA) is 83.6 Å². The summed E-state index contributed by atoms with van der Waals surface area (Å²) in [7, 11) is 0. The van der Waals surface area contributed by atoms with E-state index in [2.05, 4.69) is 4.98 Å². The molecule has 0 unspecified atom stereocenters. The van der Waals surface area contributed by atoms with Crippen molar-refractivity contribution in [2.45, 2.75) is 25.3 Å². The molecule has 110 valence electrons. The zero-order valence-electron chi connectivity index (χ0n) is 11.2. The fraction of sp³-hybridized carbons (Fsp3) is 0.357. The molecule has 0 saturated heterocycles. The van der Waals surface area contributed by atoms with Crippen LogP contribution in [0.5, 0.6) is 0 Å². The Morgan fingerprint density at radius 1 is 1.48 bits per heavy atom. The van der Waals surface area contributed by atoms with Crippen LogP contribution in [-0.4, -0.2) is 39.5 Å². The summed E-state index contributed by atoms with van der Waals surface area (Å²) in [5.41, 5.74) is 1.54. The number of thiazole rings is 1. The van der Waals surface area contributed by atoms with Crippen LogP contribution in [0, 0.1) is 0 Å². The quantitative estimate of drug-likeness (QED) is 0.882. The summed E-state index contributed by atoms with van der Waals surface area (Å²) in [6.07, 6.45) is 5.08. The van der Waals surface area contributed by atoms with Crippen LogP contribution in [0.25, 0.3) is 10.6 Å². The molecule has 0 radical (unpaired) electrons. The second kappa shape index (κ2) is 5.69. The molecule has 6 nitrogen and oxygen atoms in total. The maximum absolute atomic E-state index is 12.2. The number of carboxylic acid groups (broad SMARTS) is 1. The van der Waals surface area contributed by atoms with Gasteiger partial charge in [0.25, 0.3) is 0 Å². The van der Waals surface area contributed by atoms with Gasteiger partial charge in [0.05, 0.1) is 18.4 Å². The molecule has 21 heavy (non-hydrogen) atoms. The van der Waals surface area contributed by atoms with Gasteiger partial charge in [-0.2, -0.15) is 0 Å². The molecule has 1 fully saturated rings. The monoisotopic (exact) mass is 306 g/mol. The van der Waals surface area contributed by atoms with E-state index >= 15 is 0 Å². The normalized spacial score (nSPS) is 14.1. The molecular weight excluding hydrogens is 292 g/mol. The summed E-state index contributed by atoms with van der Waals surface area (Å²) in [6.45, 7) is -0.234. The standard InChI is InChI=1S/C14H14N2O4S/c17-12(16(6-13(18)19)11-1-2-11)5-10-8-21-14(15-10)9-3-4-20-7-9/h3-4,7-8,11H,1-2,5-6H2,(H,18,19). The first kappa shape index (κ1) is 13.8. The van der Waals surface area contributed by atoms with Crippen molar-refractivity contribution < 1.29 is 19.1 Å². The van der Waals surface area contributed by atoms with Gasteiger partial charge >= 0.3 is 5.97 Å². The van der Waals surface area contributed by atoms with Crippen LogP contribution in [-0.2, 0) is 16.0 Å². The Hall–Kier alpha value is -2.15. The Kier molecular flexibility index (Phi) is 3.74. The molecule has 0 aromatic carbocycles. The van der Waals surface area contributed by atoms with Crippen LogP contribution in [0.15, 0.2) is 28.4 Å². The van der Waals surface area contributed by atoms with Crippen LogP contribution in [0.3, 0.4) is 0 Å². The highest BCUT2D eigenvalue weighted by Gasteiger charge is 2.33. The highest BCUT2D eigenvalue weighted by Crippen LogP contribution is 2.28. The second-order valence-electron chi connectivity index (χ2n) is 4.98. The minimum atomic E-state index is -0.979. The number of aromatic nitrogens is 1. The molecule has 2 aromatic rings. The number of furan rings is 1. The Balaban J connectivity index is 1.68. The van der Waals surface area contributed by atoms with Crippen LogP contribution >= 0.6 is 11.3 Å². The number of hydrogen-bond acceptors (Lipinski definition) is 5. The number of carboxylic acids is 1. The van der Waals surface area contributed by atoms with Crippen molar-refractivity contribution in [1.29, 1.82) is 0 Å². The Morgan fingerprint density at radius 2 is 2.29 bits per heavy atom. The van der Waals surface area contributed by atoms with Crippen molar-refractivity contribution in [3.63, 3.8) is 0 Å². The smallest absolute Gasteiger partial charge is 0.323 e. The van der Waals surface area contributed by atoms with Gasteiger partial charge in [-0.15, -0.1) is 11.3 Å². The molecular formula is C14H14N2O4S. The van der Waals surface area contributed by atoms with Gasteiger partial charge in [0.1, 0.15) is 17.8 Å². The molecule has 0 aliphatic heterocycles. The van der Waals surface area contributed by atoms with E-state index in [9.17, 15) is 9.59 Å². The molecule has 0 bridgehead atoms. The number of rotatable bonds is 6. The average molecular weight is 306 g/mol. The molecule has 7 heteroatoms. The zero-order chi connectivity index (χ0) is 14.8. The number of carbonyl (C=O) groups excluding carboxylic acids is 1. The average Bonchev–Trinajstić information content (AvgIpc) is 2.94. The maximum atomic E-state index is 12.2. The van der Waals surface area contributed by atoms with Gasteiger partial charge in [0.2, 0.25) is 5.91 Å². The van der Waals surface area contributed by atoms with E-state index < -0.39 is 5.97 Å². The molecule has 1 N–H and O–H groups in total. The van der Waals surface area contributed by atoms with E-state index in [1.54, 1.807) is 12.5 Å². The van der Waals surface area contributed by atoms with Crippen LogP contribution in [0.1, 0.15) is 18.5 Å². The van der Waals surface area contributed by atoms with E-state index in [1.165, 1.54) is 16.2 Å². The third-order valence-electron chi connectivity index (χ3n) is 3.27. The predicted octanol–water partition coefficient (Wildman–Crippen LogP) is 2.02. The number of carbonyl (C=O) groups is 2. The molecule has 2 aromatic heterocycles. The number of hydrogen-bond donors (Lipinski definition) is 1. The summed E-state index contributed by atoms with van der Waals surface area (Å²) in [4.78, 5) is 28.9. The summed E-state index contributed by atoms with van der Waals surface area (Å²) in [5, 5.41) is 11.5. The number of amides is 1. The highest BCUT2D eigenvalue weighted by atomic mass is 32.1. The first-order valence-corrected chi connectivity index (χ1v) is 7.49. The second-order valence-corrected chi connectivity index (χ2v) is 5.84. The van der Waals surface area contributed by atoms with Crippen molar-refractivity contribution in [3.05, 3.63) is 29.7 Å². The van der Waals surface area contributed by atoms with Gasteiger partial charge in [-0.3, -0.25) is 9.59 Å². The third kappa shape index (κ3) is 3.30. The number of nitrogens with zero attached hydrogens (tertiary/aromatic N) is 2. The lowest BCUT2D eigenvalue weighted by molar-refractivity contribution is -0.144. The molecule has 2 heterocycles. The molecule has 0 atom stereocenters. The minimum Gasteiger partial charge on any atom is -0.480 e. The van der Waals surface area contributed by atoms with E-state index in [4.69, 9.17) is 9.52 Å². The lowest BCUT2D eigenvalue weighted by Gasteiger charge is -2.19. The molecule has 1 amide bonds. The molecule has 0 spiro atoms. The lowest BCUT2D eigenvalue weighted by Crippen LogP contribution is -2.38. The minimum absolute atomic E-state index is 0.0839. The van der Waals surface area contributed by atoms with Crippen LogP contribution < -0.4 is 0 Å². The van der Waals surface area contributed by atoms with Crippen molar-refractivity contribution in [1.82, 2.24) is 9.88 Å². The Bertz CT molecular complexity index is 646. The van der Waals surface area contributed by atoms with Gasteiger partial charge < -0.3 is 14.4 Å². The van der Waals surface area contributed by atoms with Crippen molar-refractivity contribution >= 4 is 23.2 Å². The summed E-state index contributed by atoms with van der Waals surface area (Å²) >= 11 is 1.44. The molecule has 1 saturated carbocycles. The van der Waals surface area contributed by atoms with E-state index in [-0.39, 0.29) is 24.9 Å². The molecule has 1 aliphatic rings. The Labute approximate surface area is 125 Å². The van der Waals surface area contributed by atoms with Gasteiger partial charge in [0.15, 0.2) is 0 Å². The maximum Gasteiger partial charge on any atom is 0.323 e. The van der Waals surface area contributed by atoms with Gasteiger partial charge in [-0.1, -0.05) is 0 Å². The lowest BCUT2D eigenvalue weighted by atomic mass is 10.3. The number of aliphatic carboxylic acids is 1. The first-order chi connectivity index (χ1) is 10.1. The van der Waals surface area contributed by atoms with Gasteiger partial charge in [-0.25, -0.2) is 4.98 Å². The Morgan fingerprint density at radius 3 is 2.90 bits per heavy atom. The van der Waals surface area contributed by atoms with Crippen LogP contribution in [0.2, 0.25) is 0 Å².